The fraction of sp³-hybridized carbons (Fsp3) is 0.105. The minimum atomic E-state index is 0. The second-order valence-electron chi connectivity index (χ2n) is 5.42. The molecule has 0 spiro atoms. The van der Waals surface area contributed by atoms with Gasteiger partial charge in [-0.3, -0.25) is 4.79 Å². The molecule has 2 aromatic carbocycles. The molecule has 0 unspecified atom stereocenters. The molecule has 0 saturated heterocycles. The van der Waals surface area contributed by atoms with E-state index in [1.807, 2.05) is 48.7 Å². The number of nitrogens with zero attached hydrogens (tertiary/aromatic N) is 2. The van der Waals surface area contributed by atoms with Crippen LogP contribution in [0, 0.1) is 6.92 Å². The molecule has 0 N–H and O–H groups in total. The van der Waals surface area contributed by atoms with Crippen LogP contribution in [-0.2, 0) is 6.54 Å². The monoisotopic (exact) mass is 447 g/mol. The van der Waals surface area contributed by atoms with Gasteiger partial charge in [-0.25, -0.2) is 4.57 Å². The Hall–Kier alpha value is -1.85. The maximum absolute atomic E-state index is 12.3. The lowest BCUT2D eigenvalue weighted by Gasteiger charge is -2.01. The maximum atomic E-state index is 12.3. The lowest BCUT2D eigenvalue weighted by Crippen LogP contribution is -2.37. The standard InChI is InChI=1S/C19H16BrN2O.BrH/c1-14-3-2-4-16(11-14)18-9-10-22(13-21-18)12-19(23)15-5-7-17(20)8-6-15;/h2-11,13H,12H2,1H3;1H/q+1;. The van der Waals surface area contributed by atoms with E-state index in [0.717, 1.165) is 15.7 Å². The van der Waals surface area contributed by atoms with E-state index in [-0.39, 0.29) is 29.3 Å². The Labute approximate surface area is 160 Å². The Morgan fingerprint density at radius 1 is 1.12 bits per heavy atom. The number of hydrogen-bond donors (Lipinski definition) is 0. The fourth-order valence-electron chi connectivity index (χ4n) is 2.35. The summed E-state index contributed by atoms with van der Waals surface area (Å²) in [5.74, 6) is 0.0626. The number of rotatable bonds is 4. The molecule has 0 bridgehead atoms. The van der Waals surface area contributed by atoms with E-state index in [0.29, 0.717) is 5.56 Å². The van der Waals surface area contributed by atoms with E-state index in [1.165, 1.54) is 5.56 Å². The van der Waals surface area contributed by atoms with Crippen molar-refractivity contribution in [2.24, 2.45) is 0 Å². The van der Waals surface area contributed by atoms with E-state index in [2.05, 4.69) is 40.0 Å². The number of hydrogen-bond acceptors (Lipinski definition) is 2. The summed E-state index contributed by atoms with van der Waals surface area (Å²) in [6, 6.07) is 17.5. The third-order valence-electron chi connectivity index (χ3n) is 3.58. The van der Waals surface area contributed by atoms with E-state index in [1.54, 1.807) is 10.9 Å². The number of aryl methyl sites for hydroxylation is 1. The summed E-state index contributed by atoms with van der Waals surface area (Å²) in [6.07, 6.45) is 3.59. The maximum Gasteiger partial charge on any atom is 0.287 e. The van der Waals surface area contributed by atoms with Crippen molar-refractivity contribution >= 4 is 38.7 Å². The number of carbonyl (C=O) groups is 1. The summed E-state index contributed by atoms with van der Waals surface area (Å²) < 4.78 is 2.76. The summed E-state index contributed by atoms with van der Waals surface area (Å²) in [7, 11) is 0. The molecule has 0 aliphatic heterocycles. The lowest BCUT2D eigenvalue weighted by molar-refractivity contribution is -0.686. The molecule has 3 aromatic rings. The van der Waals surface area contributed by atoms with Gasteiger partial charge in [0.25, 0.3) is 6.33 Å². The molecule has 3 rings (SSSR count). The molecule has 1 heterocycles. The second-order valence-corrected chi connectivity index (χ2v) is 6.33. The van der Waals surface area contributed by atoms with Crippen LogP contribution in [0.2, 0.25) is 0 Å². The van der Waals surface area contributed by atoms with Gasteiger partial charge in [0.05, 0.1) is 6.20 Å². The Kier molecular flexibility index (Phi) is 6.40. The van der Waals surface area contributed by atoms with Gasteiger partial charge in [-0.05, 0) is 30.1 Å². The molecule has 0 fully saturated rings. The van der Waals surface area contributed by atoms with Crippen molar-refractivity contribution in [1.82, 2.24) is 4.98 Å². The van der Waals surface area contributed by atoms with Crippen LogP contribution in [-0.4, -0.2) is 10.8 Å². The summed E-state index contributed by atoms with van der Waals surface area (Å²) in [4.78, 5) is 16.7. The topological polar surface area (TPSA) is 33.8 Å². The van der Waals surface area contributed by atoms with Gasteiger partial charge in [0.15, 0.2) is 12.2 Å². The van der Waals surface area contributed by atoms with E-state index in [4.69, 9.17) is 0 Å². The predicted molar refractivity (Wildman–Crippen MR) is 103 cm³/mol. The molecule has 0 aliphatic rings. The summed E-state index contributed by atoms with van der Waals surface area (Å²) >= 11 is 3.37. The number of carbonyl (C=O) groups excluding carboxylic acids is 1. The second kappa shape index (κ2) is 8.31. The number of Topliss-reactive ketones (excluding diaryl/α,β-unsaturated/α-hetero) is 1. The van der Waals surface area contributed by atoms with Crippen LogP contribution in [0.4, 0.5) is 0 Å². The minimum absolute atomic E-state index is 0. The first-order valence-corrected chi connectivity index (χ1v) is 8.12. The van der Waals surface area contributed by atoms with Crippen LogP contribution < -0.4 is 4.57 Å². The van der Waals surface area contributed by atoms with Crippen molar-refractivity contribution in [2.75, 3.05) is 0 Å². The summed E-state index contributed by atoms with van der Waals surface area (Å²) in [5.41, 5.74) is 3.88. The van der Waals surface area contributed by atoms with Crippen molar-refractivity contribution in [3.05, 3.63) is 82.7 Å². The van der Waals surface area contributed by atoms with Crippen LogP contribution in [0.15, 0.2) is 71.6 Å². The van der Waals surface area contributed by atoms with Gasteiger partial charge in [-0.2, -0.15) is 0 Å². The first-order chi connectivity index (χ1) is 11.1. The highest BCUT2D eigenvalue weighted by Crippen LogP contribution is 2.16. The predicted octanol–water partition coefficient (Wildman–Crippen LogP) is 4.57. The van der Waals surface area contributed by atoms with Gasteiger partial charge in [-0.1, -0.05) is 51.8 Å². The van der Waals surface area contributed by atoms with Gasteiger partial charge in [0.2, 0.25) is 5.78 Å². The van der Waals surface area contributed by atoms with Gasteiger partial charge >= 0.3 is 0 Å². The van der Waals surface area contributed by atoms with Crippen LogP contribution in [0.25, 0.3) is 11.3 Å². The molecule has 0 atom stereocenters. The molecule has 24 heavy (non-hydrogen) atoms. The number of benzene rings is 2. The zero-order chi connectivity index (χ0) is 16.2. The van der Waals surface area contributed by atoms with Crippen molar-refractivity contribution in [1.29, 1.82) is 0 Å². The number of halogens is 2. The summed E-state index contributed by atoms with van der Waals surface area (Å²) in [5, 5.41) is 0. The SMILES string of the molecule is Br.Cc1cccc(-c2cc[n+](CC(=O)c3ccc(Br)cc3)cn2)c1. The molecule has 0 saturated carbocycles. The van der Waals surface area contributed by atoms with Crippen LogP contribution in [0.3, 0.4) is 0 Å². The average molecular weight is 449 g/mol. The largest absolute Gasteiger partial charge is 0.290 e. The Bertz CT molecular complexity index is 831. The highest BCUT2D eigenvalue weighted by atomic mass is 79.9. The quantitative estimate of drug-likeness (QED) is 0.432. The third kappa shape index (κ3) is 4.58. The average Bonchev–Trinajstić information content (AvgIpc) is 2.56. The summed E-state index contributed by atoms with van der Waals surface area (Å²) in [6.45, 7) is 2.34. The highest BCUT2D eigenvalue weighted by molar-refractivity contribution is 9.10. The van der Waals surface area contributed by atoms with Gasteiger partial charge in [0, 0.05) is 21.7 Å². The zero-order valence-electron chi connectivity index (χ0n) is 13.1. The van der Waals surface area contributed by atoms with Crippen molar-refractivity contribution in [3.8, 4) is 11.3 Å². The zero-order valence-corrected chi connectivity index (χ0v) is 16.4. The first-order valence-electron chi connectivity index (χ1n) is 7.33. The molecule has 0 amide bonds. The van der Waals surface area contributed by atoms with Gasteiger partial charge in [0.1, 0.15) is 0 Å². The van der Waals surface area contributed by atoms with Crippen molar-refractivity contribution in [2.45, 2.75) is 13.5 Å². The van der Waals surface area contributed by atoms with Gasteiger partial charge in [-0.15, -0.1) is 17.0 Å². The van der Waals surface area contributed by atoms with Gasteiger partial charge < -0.3 is 0 Å². The molecule has 122 valence electrons. The Balaban J connectivity index is 0.00000208. The first kappa shape index (κ1) is 18.5. The normalized spacial score (nSPS) is 10.1. The lowest BCUT2D eigenvalue weighted by atomic mass is 10.1. The van der Waals surface area contributed by atoms with Crippen LogP contribution in [0.1, 0.15) is 15.9 Å². The molecule has 1 aromatic heterocycles. The van der Waals surface area contributed by atoms with E-state index < -0.39 is 0 Å². The molecule has 0 aliphatic carbocycles. The molecule has 3 nitrogen and oxygen atoms in total. The van der Waals surface area contributed by atoms with E-state index in [9.17, 15) is 4.79 Å². The molecule has 0 radical (unpaired) electrons. The number of ketones is 1. The molecular formula is C19H17Br2N2O+. The Morgan fingerprint density at radius 3 is 2.50 bits per heavy atom. The molecular weight excluding hydrogens is 432 g/mol. The van der Waals surface area contributed by atoms with E-state index >= 15 is 0 Å². The molecule has 5 heteroatoms. The minimum Gasteiger partial charge on any atom is -0.290 e. The smallest absolute Gasteiger partial charge is 0.287 e. The van der Waals surface area contributed by atoms with Crippen molar-refractivity contribution in [3.63, 3.8) is 0 Å². The number of aromatic nitrogens is 2. The third-order valence-corrected chi connectivity index (χ3v) is 4.10. The van der Waals surface area contributed by atoms with Crippen molar-refractivity contribution < 1.29 is 9.36 Å². The van der Waals surface area contributed by atoms with Crippen LogP contribution >= 0.6 is 32.9 Å². The highest BCUT2D eigenvalue weighted by Gasteiger charge is 2.11. The Morgan fingerprint density at radius 2 is 1.88 bits per heavy atom. The fourth-order valence-corrected chi connectivity index (χ4v) is 2.61. The van der Waals surface area contributed by atoms with Crippen LogP contribution in [0.5, 0.6) is 0 Å².